The standard InChI is InChI=1S/C10H16/c1-5-7-8-10(4)9(3)6-2/h6-9H,2,4-5H2,1,3H3/b8-7-. The molecule has 0 aliphatic carbocycles. The molecule has 10 heavy (non-hydrogen) atoms. The van der Waals surface area contributed by atoms with Crippen molar-refractivity contribution in [3.8, 4) is 0 Å². The van der Waals surface area contributed by atoms with E-state index in [1.54, 1.807) is 0 Å². The highest BCUT2D eigenvalue weighted by atomic mass is 14.0. The maximum absolute atomic E-state index is 3.90. The smallest absolute Gasteiger partial charge is 0.00191 e. The Morgan fingerprint density at radius 2 is 2.20 bits per heavy atom. The molecule has 1 atom stereocenters. The highest BCUT2D eigenvalue weighted by molar-refractivity contribution is 5.20. The molecule has 0 saturated heterocycles. The number of rotatable bonds is 4. The molecule has 0 N–H and O–H groups in total. The van der Waals surface area contributed by atoms with Crippen LogP contribution in [0.4, 0.5) is 0 Å². The van der Waals surface area contributed by atoms with Gasteiger partial charge in [0.2, 0.25) is 0 Å². The van der Waals surface area contributed by atoms with Gasteiger partial charge in [-0.05, 0) is 17.9 Å². The van der Waals surface area contributed by atoms with Gasteiger partial charge in [0.05, 0.1) is 0 Å². The Morgan fingerprint density at radius 3 is 2.60 bits per heavy atom. The minimum absolute atomic E-state index is 0.405. The largest absolute Gasteiger partial charge is 0.102 e. The van der Waals surface area contributed by atoms with Gasteiger partial charge in [0.25, 0.3) is 0 Å². The molecule has 0 heterocycles. The first-order valence-electron chi connectivity index (χ1n) is 3.70. The molecular weight excluding hydrogens is 120 g/mol. The molecule has 56 valence electrons. The van der Waals surface area contributed by atoms with Crippen LogP contribution in [-0.4, -0.2) is 0 Å². The summed E-state index contributed by atoms with van der Waals surface area (Å²) in [5.41, 5.74) is 1.14. The van der Waals surface area contributed by atoms with Crippen molar-refractivity contribution in [3.05, 3.63) is 37.0 Å². The molecule has 0 aromatic rings. The zero-order chi connectivity index (χ0) is 7.98. The third-order valence-electron chi connectivity index (χ3n) is 1.51. The van der Waals surface area contributed by atoms with Gasteiger partial charge in [0.15, 0.2) is 0 Å². The minimum Gasteiger partial charge on any atom is -0.102 e. The lowest BCUT2D eigenvalue weighted by Crippen LogP contribution is -1.88. The lowest BCUT2D eigenvalue weighted by atomic mass is 10.0. The van der Waals surface area contributed by atoms with Gasteiger partial charge >= 0.3 is 0 Å². The summed E-state index contributed by atoms with van der Waals surface area (Å²) < 4.78 is 0. The van der Waals surface area contributed by atoms with Crippen molar-refractivity contribution in [1.29, 1.82) is 0 Å². The molecule has 0 aliphatic rings. The zero-order valence-corrected chi connectivity index (χ0v) is 6.93. The predicted octanol–water partition coefficient (Wildman–Crippen LogP) is 3.33. The summed E-state index contributed by atoms with van der Waals surface area (Å²) in [7, 11) is 0. The Morgan fingerprint density at radius 1 is 1.60 bits per heavy atom. The number of allylic oxidation sites excluding steroid dienone is 4. The molecule has 0 amide bonds. The Hall–Kier alpha value is -0.780. The predicted molar refractivity (Wildman–Crippen MR) is 47.9 cm³/mol. The van der Waals surface area contributed by atoms with Gasteiger partial charge in [-0.1, -0.05) is 38.7 Å². The van der Waals surface area contributed by atoms with E-state index in [9.17, 15) is 0 Å². The molecule has 0 saturated carbocycles. The Labute approximate surface area is 64.0 Å². The highest BCUT2D eigenvalue weighted by Gasteiger charge is 1.95. The normalized spacial score (nSPS) is 13.4. The molecule has 0 bridgehead atoms. The Kier molecular flexibility index (Phi) is 4.65. The molecular formula is C10H16. The fourth-order valence-corrected chi connectivity index (χ4v) is 0.572. The second-order valence-corrected chi connectivity index (χ2v) is 2.41. The summed E-state index contributed by atoms with van der Waals surface area (Å²) in [6, 6.07) is 0. The SMILES string of the molecule is C=CC(C)C(=C)/C=C\CC. The summed E-state index contributed by atoms with van der Waals surface area (Å²) in [6.45, 7) is 11.8. The van der Waals surface area contributed by atoms with E-state index in [4.69, 9.17) is 0 Å². The quantitative estimate of drug-likeness (QED) is 0.411. The van der Waals surface area contributed by atoms with Crippen LogP contribution < -0.4 is 0 Å². The molecule has 0 aliphatic heterocycles. The van der Waals surface area contributed by atoms with E-state index in [1.165, 1.54) is 0 Å². The van der Waals surface area contributed by atoms with Crippen LogP contribution in [0.5, 0.6) is 0 Å². The Balaban J connectivity index is 3.84. The molecule has 0 fully saturated rings. The summed E-state index contributed by atoms with van der Waals surface area (Å²) in [5, 5.41) is 0. The Bertz CT molecular complexity index is 140. The molecule has 1 unspecified atom stereocenters. The van der Waals surface area contributed by atoms with Crippen LogP contribution in [0.25, 0.3) is 0 Å². The second kappa shape index (κ2) is 5.04. The van der Waals surface area contributed by atoms with Crippen LogP contribution in [0.15, 0.2) is 37.0 Å². The van der Waals surface area contributed by atoms with Crippen LogP contribution in [0, 0.1) is 5.92 Å². The lowest BCUT2D eigenvalue weighted by Gasteiger charge is -2.03. The zero-order valence-electron chi connectivity index (χ0n) is 6.93. The van der Waals surface area contributed by atoms with E-state index in [-0.39, 0.29) is 0 Å². The van der Waals surface area contributed by atoms with E-state index in [0.717, 1.165) is 12.0 Å². The highest BCUT2D eigenvalue weighted by Crippen LogP contribution is 2.09. The first kappa shape index (κ1) is 9.22. The van der Waals surface area contributed by atoms with Gasteiger partial charge in [-0.2, -0.15) is 0 Å². The second-order valence-electron chi connectivity index (χ2n) is 2.41. The van der Waals surface area contributed by atoms with Crippen molar-refractivity contribution in [2.45, 2.75) is 20.3 Å². The van der Waals surface area contributed by atoms with Crippen LogP contribution in [0.1, 0.15) is 20.3 Å². The van der Waals surface area contributed by atoms with Crippen molar-refractivity contribution in [3.63, 3.8) is 0 Å². The fraction of sp³-hybridized carbons (Fsp3) is 0.400. The number of hydrogen-bond acceptors (Lipinski definition) is 0. The average Bonchev–Trinajstić information content (AvgIpc) is 1.98. The van der Waals surface area contributed by atoms with Gasteiger partial charge in [-0.15, -0.1) is 6.58 Å². The number of hydrogen-bond donors (Lipinski definition) is 0. The van der Waals surface area contributed by atoms with Crippen molar-refractivity contribution >= 4 is 0 Å². The minimum atomic E-state index is 0.405. The van der Waals surface area contributed by atoms with E-state index in [1.807, 2.05) is 6.08 Å². The van der Waals surface area contributed by atoms with Crippen molar-refractivity contribution in [2.24, 2.45) is 5.92 Å². The molecule has 0 aromatic heterocycles. The monoisotopic (exact) mass is 136 g/mol. The van der Waals surface area contributed by atoms with Gasteiger partial charge in [0, 0.05) is 0 Å². The third-order valence-corrected chi connectivity index (χ3v) is 1.51. The maximum atomic E-state index is 3.90. The topological polar surface area (TPSA) is 0 Å². The van der Waals surface area contributed by atoms with E-state index in [0.29, 0.717) is 5.92 Å². The summed E-state index contributed by atoms with van der Waals surface area (Å²) in [5.74, 6) is 0.405. The van der Waals surface area contributed by atoms with Crippen molar-refractivity contribution in [2.75, 3.05) is 0 Å². The van der Waals surface area contributed by atoms with E-state index in [2.05, 4.69) is 39.2 Å². The first-order valence-corrected chi connectivity index (χ1v) is 3.70. The first-order chi connectivity index (χ1) is 4.72. The summed E-state index contributed by atoms with van der Waals surface area (Å²) in [4.78, 5) is 0. The van der Waals surface area contributed by atoms with Crippen LogP contribution in [0.3, 0.4) is 0 Å². The molecule has 0 aromatic carbocycles. The average molecular weight is 136 g/mol. The molecule has 0 nitrogen and oxygen atoms in total. The summed E-state index contributed by atoms with van der Waals surface area (Å²) in [6.07, 6.45) is 7.15. The van der Waals surface area contributed by atoms with Crippen molar-refractivity contribution < 1.29 is 0 Å². The molecule has 0 radical (unpaired) electrons. The van der Waals surface area contributed by atoms with Gasteiger partial charge in [-0.25, -0.2) is 0 Å². The van der Waals surface area contributed by atoms with E-state index >= 15 is 0 Å². The summed E-state index contributed by atoms with van der Waals surface area (Å²) >= 11 is 0. The molecule has 0 rings (SSSR count). The van der Waals surface area contributed by atoms with Crippen molar-refractivity contribution in [1.82, 2.24) is 0 Å². The van der Waals surface area contributed by atoms with E-state index < -0.39 is 0 Å². The maximum Gasteiger partial charge on any atom is -0.00191 e. The fourth-order valence-electron chi connectivity index (χ4n) is 0.572. The third kappa shape index (κ3) is 3.29. The van der Waals surface area contributed by atoms with Gasteiger partial charge in [-0.3, -0.25) is 0 Å². The lowest BCUT2D eigenvalue weighted by molar-refractivity contribution is 0.897. The molecule has 0 spiro atoms. The van der Waals surface area contributed by atoms with Crippen LogP contribution >= 0.6 is 0 Å². The van der Waals surface area contributed by atoms with Crippen LogP contribution in [-0.2, 0) is 0 Å². The molecule has 0 heteroatoms. The van der Waals surface area contributed by atoms with Crippen LogP contribution in [0.2, 0.25) is 0 Å². The van der Waals surface area contributed by atoms with Gasteiger partial charge in [0.1, 0.15) is 0 Å². The van der Waals surface area contributed by atoms with Gasteiger partial charge < -0.3 is 0 Å².